The number of carboxylic acids is 1. The average Bonchev–Trinajstić information content (AvgIpc) is 3.15. The van der Waals surface area contributed by atoms with E-state index in [1.54, 1.807) is 0 Å². The Hall–Kier alpha value is -4.27. The van der Waals surface area contributed by atoms with E-state index in [0.717, 1.165) is 34.5 Å². The number of rotatable bonds is 8. The van der Waals surface area contributed by atoms with Gasteiger partial charge in [-0.1, -0.05) is 48.5 Å². The van der Waals surface area contributed by atoms with Crippen molar-refractivity contribution in [2.75, 3.05) is 11.9 Å². The molecule has 1 aliphatic carbocycles. The van der Waals surface area contributed by atoms with Gasteiger partial charge in [0.15, 0.2) is 0 Å². The third-order valence-electron chi connectivity index (χ3n) is 5.59. The lowest BCUT2D eigenvalue weighted by Gasteiger charge is -2.19. The van der Waals surface area contributed by atoms with Crippen molar-refractivity contribution >= 4 is 23.7 Å². The molecule has 1 unspecified atom stereocenters. The van der Waals surface area contributed by atoms with E-state index in [0.29, 0.717) is 0 Å². The third-order valence-corrected chi connectivity index (χ3v) is 5.59. The standard InChI is InChI=1S/C25H22FN3O5/c26-22-11-9-15(13-27-22)28-24(32)21(10-12-23(30)31)29-25(33)34-14-20-18-7-3-1-5-16(18)17-6-2-4-8-19(17)20/h1-9,11,13,20-21H,10,12,14H2,(H,28,32)(H,29,33)(H,30,31). The quantitative estimate of drug-likeness (QED) is 0.436. The zero-order valence-corrected chi connectivity index (χ0v) is 18.0. The Kier molecular flexibility index (Phi) is 6.82. The van der Waals surface area contributed by atoms with Crippen LogP contribution >= 0.6 is 0 Å². The molecule has 0 bridgehead atoms. The maximum absolute atomic E-state index is 13.0. The van der Waals surface area contributed by atoms with Crippen LogP contribution in [0.2, 0.25) is 0 Å². The number of aromatic nitrogens is 1. The van der Waals surface area contributed by atoms with E-state index in [1.165, 1.54) is 6.07 Å². The zero-order valence-electron chi connectivity index (χ0n) is 18.0. The Bertz CT molecular complexity index is 1170. The minimum Gasteiger partial charge on any atom is -0.481 e. The van der Waals surface area contributed by atoms with Crippen LogP contribution in [-0.4, -0.2) is 40.7 Å². The summed E-state index contributed by atoms with van der Waals surface area (Å²) < 4.78 is 18.5. The summed E-state index contributed by atoms with van der Waals surface area (Å²) in [4.78, 5) is 39.7. The smallest absolute Gasteiger partial charge is 0.407 e. The van der Waals surface area contributed by atoms with E-state index in [1.807, 2.05) is 48.5 Å². The average molecular weight is 463 g/mol. The van der Waals surface area contributed by atoms with Gasteiger partial charge in [-0.15, -0.1) is 0 Å². The molecule has 3 N–H and O–H groups in total. The van der Waals surface area contributed by atoms with Crippen molar-refractivity contribution in [3.05, 3.63) is 83.9 Å². The van der Waals surface area contributed by atoms with Gasteiger partial charge in [0, 0.05) is 12.3 Å². The largest absolute Gasteiger partial charge is 0.481 e. The van der Waals surface area contributed by atoms with Gasteiger partial charge in [-0.05, 0) is 40.8 Å². The van der Waals surface area contributed by atoms with Gasteiger partial charge in [0.05, 0.1) is 11.9 Å². The maximum Gasteiger partial charge on any atom is 0.407 e. The summed E-state index contributed by atoms with van der Waals surface area (Å²) in [5, 5.41) is 13.9. The fourth-order valence-corrected chi connectivity index (χ4v) is 4.00. The Morgan fingerprint density at radius 3 is 2.24 bits per heavy atom. The molecule has 0 aliphatic heterocycles. The molecule has 0 saturated carbocycles. The number of pyridine rings is 1. The molecule has 1 atom stereocenters. The first-order valence-electron chi connectivity index (χ1n) is 10.7. The molecule has 1 aromatic heterocycles. The number of fused-ring (bicyclic) bond motifs is 3. The van der Waals surface area contributed by atoms with Gasteiger partial charge in [-0.25, -0.2) is 9.78 Å². The number of anilines is 1. The highest BCUT2D eigenvalue weighted by Gasteiger charge is 2.30. The number of hydrogen-bond acceptors (Lipinski definition) is 5. The van der Waals surface area contributed by atoms with Crippen LogP contribution in [0.4, 0.5) is 14.9 Å². The molecular formula is C25H22FN3O5. The molecule has 34 heavy (non-hydrogen) atoms. The minimum atomic E-state index is -1.17. The topological polar surface area (TPSA) is 118 Å². The molecule has 9 heteroatoms. The minimum absolute atomic E-state index is 0.0506. The number of hydrogen-bond donors (Lipinski definition) is 3. The van der Waals surface area contributed by atoms with Gasteiger partial charge in [0.2, 0.25) is 11.9 Å². The molecule has 0 saturated heterocycles. The van der Waals surface area contributed by atoms with Crippen molar-refractivity contribution in [2.45, 2.75) is 24.8 Å². The number of aliphatic carboxylic acids is 1. The molecule has 0 radical (unpaired) electrons. The Morgan fingerprint density at radius 2 is 1.65 bits per heavy atom. The van der Waals surface area contributed by atoms with E-state index in [2.05, 4.69) is 15.6 Å². The maximum atomic E-state index is 13.0. The highest BCUT2D eigenvalue weighted by Crippen LogP contribution is 2.44. The summed E-state index contributed by atoms with van der Waals surface area (Å²) in [6, 6.07) is 17.0. The van der Waals surface area contributed by atoms with Crippen molar-refractivity contribution in [3.63, 3.8) is 0 Å². The molecule has 8 nitrogen and oxygen atoms in total. The van der Waals surface area contributed by atoms with E-state index in [9.17, 15) is 18.8 Å². The second-order valence-corrected chi connectivity index (χ2v) is 7.81. The van der Waals surface area contributed by atoms with Crippen molar-refractivity contribution in [1.29, 1.82) is 0 Å². The van der Waals surface area contributed by atoms with Gasteiger partial charge < -0.3 is 20.5 Å². The molecule has 1 heterocycles. The first-order valence-corrected chi connectivity index (χ1v) is 10.7. The predicted molar refractivity (Wildman–Crippen MR) is 122 cm³/mol. The first-order chi connectivity index (χ1) is 16.4. The van der Waals surface area contributed by atoms with Crippen molar-refractivity contribution < 1.29 is 28.6 Å². The number of carbonyl (C=O) groups excluding carboxylic acids is 2. The summed E-state index contributed by atoms with van der Waals surface area (Å²) in [6.07, 6.45) is -0.220. The highest BCUT2D eigenvalue weighted by atomic mass is 19.1. The monoisotopic (exact) mass is 463 g/mol. The van der Waals surface area contributed by atoms with Crippen LogP contribution in [0.3, 0.4) is 0 Å². The molecule has 2 aromatic carbocycles. The van der Waals surface area contributed by atoms with Crippen molar-refractivity contribution in [1.82, 2.24) is 10.3 Å². The predicted octanol–water partition coefficient (Wildman–Crippen LogP) is 3.93. The van der Waals surface area contributed by atoms with Gasteiger partial charge in [-0.2, -0.15) is 4.39 Å². The summed E-state index contributed by atoms with van der Waals surface area (Å²) in [7, 11) is 0. The third kappa shape index (κ3) is 5.20. The number of carbonyl (C=O) groups is 3. The van der Waals surface area contributed by atoms with Crippen molar-refractivity contribution in [2.24, 2.45) is 0 Å². The number of carboxylic acid groups (broad SMARTS) is 1. The van der Waals surface area contributed by atoms with Gasteiger partial charge >= 0.3 is 12.1 Å². The van der Waals surface area contributed by atoms with Crippen LogP contribution in [0.5, 0.6) is 0 Å². The second kappa shape index (κ2) is 10.1. The lowest BCUT2D eigenvalue weighted by Crippen LogP contribution is -2.44. The summed E-state index contributed by atoms with van der Waals surface area (Å²) in [5.41, 5.74) is 4.46. The normalized spacial score (nSPS) is 12.9. The Balaban J connectivity index is 1.42. The van der Waals surface area contributed by atoms with E-state index in [4.69, 9.17) is 9.84 Å². The van der Waals surface area contributed by atoms with Crippen LogP contribution < -0.4 is 10.6 Å². The molecular weight excluding hydrogens is 441 g/mol. The summed E-state index contributed by atoms with van der Waals surface area (Å²) in [6.45, 7) is 0.0506. The van der Waals surface area contributed by atoms with Gasteiger partial charge in [0.1, 0.15) is 12.6 Å². The van der Waals surface area contributed by atoms with Crippen LogP contribution in [-0.2, 0) is 14.3 Å². The van der Waals surface area contributed by atoms with Gasteiger partial charge in [0.25, 0.3) is 0 Å². The lowest BCUT2D eigenvalue weighted by molar-refractivity contribution is -0.137. The number of halogens is 1. The molecule has 0 spiro atoms. The SMILES string of the molecule is O=C(O)CCC(NC(=O)OCC1c2ccccc2-c2ccccc21)C(=O)Nc1ccc(F)nc1. The molecule has 3 aromatic rings. The molecule has 4 rings (SSSR count). The molecule has 174 valence electrons. The van der Waals surface area contributed by atoms with E-state index in [-0.39, 0.29) is 31.1 Å². The number of alkyl carbamates (subject to hydrolysis) is 1. The summed E-state index contributed by atoms with van der Waals surface area (Å²) in [5.74, 6) is -2.65. The number of benzene rings is 2. The van der Waals surface area contributed by atoms with Crippen LogP contribution in [0.15, 0.2) is 66.9 Å². The van der Waals surface area contributed by atoms with E-state index >= 15 is 0 Å². The summed E-state index contributed by atoms with van der Waals surface area (Å²) >= 11 is 0. The van der Waals surface area contributed by atoms with Crippen LogP contribution in [0.25, 0.3) is 11.1 Å². The Morgan fingerprint density at radius 1 is 1.00 bits per heavy atom. The molecule has 1 aliphatic rings. The number of ether oxygens (including phenoxy) is 1. The Labute approximate surface area is 194 Å². The highest BCUT2D eigenvalue weighted by molar-refractivity contribution is 5.96. The number of nitrogens with one attached hydrogen (secondary N) is 2. The van der Waals surface area contributed by atoms with E-state index < -0.39 is 30.0 Å². The lowest BCUT2D eigenvalue weighted by atomic mass is 9.98. The van der Waals surface area contributed by atoms with Crippen LogP contribution in [0, 0.1) is 5.95 Å². The first kappa shape index (κ1) is 22.9. The van der Waals surface area contributed by atoms with Crippen LogP contribution in [0.1, 0.15) is 29.9 Å². The molecule has 0 fully saturated rings. The fourth-order valence-electron chi connectivity index (χ4n) is 4.00. The van der Waals surface area contributed by atoms with Gasteiger partial charge in [-0.3, -0.25) is 9.59 Å². The number of nitrogens with zero attached hydrogens (tertiary/aromatic N) is 1. The molecule has 2 amide bonds. The number of amides is 2. The second-order valence-electron chi connectivity index (χ2n) is 7.81. The van der Waals surface area contributed by atoms with Crippen molar-refractivity contribution in [3.8, 4) is 11.1 Å². The fraction of sp³-hybridized carbons (Fsp3) is 0.200. The zero-order chi connectivity index (χ0) is 24.1.